The molecule has 98 valence electrons. The van der Waals surface area contributed by atoms with E-state index in [4.69, 9.17) is 5.26 Å². The third kappa shape index (κ3) is 2.48. The molecule has 0 bridgehead atoms. The Balaban J connectivity index is 2.55. The molecule has 0 unspecified atom stereocenters. The minimum Gasteiger partial charge on any atom is -0.365 e. The molecular weight excluding hydrogens is 264 g/mol. The van der Waals surface area contributed by atoms with Gasteiger partial charge in [0.1, 0.15) is 5.69 Å². The normalized spacial score (nSPS) is 10.3. The molecule has 1 aromatic heterocycles. The number of benzene rings is 1. The fourth-order valence-corrected chi connectivity index (χ4v) is 2.65. The molecule has 6 nitrogen and oxygen atoms in total. The molecule has 1 aromatic carbocycles. The lowest BCUT2D eigenvalue weighted by Crippen LogP contribution is -2.24. The Labute approximate surface area is 114 Å². The summed E-state index contributed by atoms with van der Waals surface area (Å²) in [5, 5.41) is 20.0. The van der Waals surface area contributed by atoms with Gasteiger partial charge in [0.2, 0.25) is 0 Å². The number of rotatable bonds is 5. The highest BCUT2D eigenvalue weighted by molar-refractivity contribution is 7.16. The number of hydrogen-bond donors (Lipinski definition) is 0. The van der Waals surface area contributed by atoms with Gasteiger partial charge in [-0.15, -0.1) is 11.3 Å². The Kier molecular flexibility index (Phi) is 3.92. The van der Waals surface area contributed by atoms with Crippen LogP contribution in [-0.4, -0.2) is 23.0 Å². The molecule has 0 aliphatic rings. The van der Waals surface area contributed by atoms with E-state index in [1.165, 1.54) is 11.3 Å². The van der Waals surface area contributed by atoms with Gasteiger partial charge in [-0.3, -0.25) is 10.1 Å². The van der Waals surface area contributed by atoms with Crippen molar-refractivity contribution in [3.05, 3.63) is 27.8 Å². The summed E-state index contributed by atoms with van der Waals surface area (Å²) in [6, 6.07) is 5.63. The van der Waals surface area contributed by atoms with E-state index < -0.39 is 4.92 Å². The summed E-state index contributed by atoms with van der Waals surface area (Å²) in [5.74, 6) is 0. The third-order valence-corrected chi connectivity index (χ3v) is 3.65. The highest BCUT2D eigenvalue weighted by atomic mass is 32.1. The van der Waals surface area contributed by atoms with Gasteiger partial charge in [0.25, 0.3) is 0 Å². The van der Waals surface area contributed by atoms with Crippen molar-refractivity contribution in [2.24, 2.45) is 0 Å². The number of fused-ring (bicyclic) bond motifs is 1. The standard InChI is InChI=1S/C12H12N4O2S/c1-2-15(7-3-6-13)9-4-5-10-11(14-8-19-10)12(9)16(17)18/h4-5,8H,2-3,7H2,1H3. The van der Waals surface area contributed by atoms with E-state index in [0.29, 0.717) is 30.7 Å². The molecule has 2 rings (SSSR count). The van der Waals surface area contributed by atoms with Crippen molar-refractivity contribution in [2.75, 3.05) is 18.0 Å². The monoisotopic (exact) mass is 276 g/mol. The molecule has 0 fully saturated rings. The van der Waals surface area contributed by atoms with Crippen LogP contribution in [-0.2, 0) is 0 Å². The summed E-state index contributed by atoms with van der Waals surface area (Å²) in [5.41, 5.74) is 2.58. The van der Waals surface area contributed by atoms with Crippen molar-refractivity contribution < 1.29 is 4.92 Å². The van der Waals surface area contributed by atoms with Crippen LogP contribution in [0.5, 0.6) is 0 Å². The van der Waals surface area contributed by atoms with Crippen LogP contribution in [0, 0.1) is 21.4 Å². The van der Waals surface area contributed by atoms with Gasteiger partial charge in [-0.2, -0.15) is 5.26 Å². The molecule has 2 aromatic rings. The zero-order chi connectivity index (χ0) is 13.8. The molecule has 0 spiro atoms. The predicted molar refractivity (Wildman–Crippen MR) is 74.4 cm³/mol. The quantitative estimate of drug-likeness (QED) is 0.619. The zero-order valence-corrected chi connectivity index (χ0v) is 11.2. The van der Waals surface area contributed by atoms with Crippen LogP contribution in [0.3, 0.4) is 0 Å². The maximum Gasteiger partial charge on any atom is 0.319 e. The van der Waals surface area contributed by atoms with Crippen LogP contribution in [0.25, 0.3) is 10.2 Å². The number of aromatic nitrogens is 1. The number of anilines is 1. The molecule has 0 N–H and O–H groups in total. The van der Waals surface area contributed by atoms with Crippen LogP contribution in [0.4, 0.5) is 11.4 Å². The maximum atomic E-state index is 11.3. The number of nitro benzene ring substituents is 1. The first-order chi connectivity index (χ1) is 9.19. The average Bonchev–Trinajstić information content (AvgIpc) is 2.86. The highest BCUT2D eigenvalue weighted by Crippen LogP contribution is 2.36. The van der Waals surface area contributed by atoms with E-state index in [1.807, 2.05) is 17.9 Å². The number of nitriles is 1. The molecule has 0 amide bonds. The third-order valence-electron chi connectivity index (χ3n) is 2.85. The lowest BCUT2D eigenvalue weighted by Gasteiger charge is -2.21. The van der Waals surface area contributed by atoms with Gasteiger partial charge in [-0.1, -0.05) is 0 Å². The lowest BCUT2D eigenvalue weighted by molar-refractivity contribution is -0.382. The van der Waals surface area contributed by atoms with Crippen LogP contribution in [0.2, 0.25) is 0 Å². The second kappa shape index (κ2) is 5.63. The summed E-state index contributed by atoms with van der Waals surface area (Å²) < 4.78 is 0.798. The van der Waals surface area contributed by atoms with Crippen molar-refractivity contribution in [1.82, 2.24) is 4.98 Å². The van der Waals surface area contributed by atoms with E-state index in [-0.39, 0.29) is 5.69 Å². The Hall–Kier alpha value is -2.20. The summed E-state index contributed by atoms with van der Waals surface area (Å²) in [6.45, 7) is 2.99. The van der Waals surface area contributed by atoms with Crippen molar-refractivity contribution >= 4 is 32.9 Å². The van der Waals surface area contributed by atoms with Crippen LogP contribution < -0.4 is 4.90 Å². The summed E-state index contributed by atoms with van der Waals surface area (Å²) in [4.78, 5) is 16.8. The topological polar surface area (TPSA) is 83.1 Å². The number of nitro groups is 1. The second-order valence-electron chi connectivity index (χ2n) is 3.88. The first-order valence-corrected chi connectivity index (χ1v) is 6.69. The Bertz CT molecular complexity index is 647. The molecule has 0 aliphatic carbocycles. The highest BCUT2D eigenvalue weighted by Gasteiger charge is 2.23. The fourth-order valence-electron chi connectivity index (χ4n) is 1.98. The minimum absolute atomic E-state index is 0.0264. The van der Waals surface area contributed by atoms with Gasteiger partial charge in [0.15, 0.2) is 5.52 Å². The molecule has 0 aliphatic heterocycles. The molecule has 19 heavy (non-hydrogen) atoms. The van der Waals surface area contributed by atoms with E-state index in [9.17, 15) is 10.1 Å². The fraction of sp³-hybridized carbons (Fsp3) is 0.333. The van der Waals surface area contributed by atoms with E-state index in [2.05, 4.69) is 11.1 Å². The Morgan fingerprint density at radius 1 is 1.58 bits per heavy atom. The minimum atomic E-state index is -0.396. The second-order valence-corrected chi connectivity index (χ2v) is 4.76. The van der Waals surface area contributed by atoms with E-state index in [1.54, 1.807) is 11.6 Å². The van der Waals surface area contributed by atoms with Crippen LogP contribution >= 0.6 is 11.3 Å². The van der Waals surface area contributed by atoms with Gasteiger partial charge < -0.3 is 4.90 Å². The van der Waals surface area contributed by atoms with Gasteiger partial charge in [-0.05, 0) is 19.1 Å². The lowest BCUT2D eigenvalue weighted by atomic mass is 10.2. The smallest absolute Gasteiger partial charge is 0.319 e. The van der Waals surface area contributed by atoms with Gasteiger partial charge in [0.05, 0.1) is 27.6 Å². The van der Waals surface area contributed by atoms with Gasteiger partial charge >= 0.3 is 5.69 Å². The average molecular weight is 276 g/mol. The van der Waals surface area contributed by atoms with E-state index >= 15 is 0 Å². The molecular formula is C12H12N4O2S. The molecule has 1 heterocycles. The molecule has 0 saturated carbocycles. The van der Waals surface area contributed by atoms with Gasteiger partial charge in [-0.25, -0.2) is 4.98 Å². The van der Waals surface area contributed by atoms with Crippen LogP contribution in [0.1, 0.15) is 13.3 Å². The number of hydrogen-bond acceptors (Lipinski definition) is 6. The molecule has 7 heteroatoms. The largest absolute Gasteiger partial charge is 0.365 e. The molecule has 0 atom stereocenters. The van der Waals surface area contributed by atoms with Crippen molar-refractivity contribution in [2.45, 2.75) is 13.3 Å². The van der Waals surface area contributed by atoms with Crippen molar-refractivity contribution in [1.29, 1.82) is 5.26 Å². The number of nitrogens with zero attached hydrogens (tertiary/aromatic N) is 4. The SMILES string of the molecule is CCN(CCC#N)c1ccc2scnc2c1[N+](=O)[O-]. The first kappa shape index (κ1) is 13.2. The van der Waals surface area contributed by atoms with Crippen molar-refractivity contribution in [3.63, 3.8) is 0 Å². The summed E-state index contributed by atoms with van der Waals surface area (Å²) >= 11 is 1.38. The summed E-state index contributed by atoms with van der Waals surface area (Å²) in [7, 11) is 0. The summed E-state index contributed by atoms with van der Waals surface area (Å²) in [6.07, 6.45) is 0.333. The van der Waals surface area contributed by atoms with Crippen molar-refractivity contribution in [3.8, 4) is 6.07 Å². The Morgan fingerprint density at radius 3 is 3.00 bits per heavy atom. The predicted octanol–water partition coefficient (Wildman–Crippen LogP) is 2.94. The zero-order valence-electron chi connectivity index (χ0n) is 10.4. The molecule has 0 saturated heterocycles. The Morgan fingerprint density at radius 2 is 2.37 bits per heavy atom. The first-order valence-electron chi connectivity index (χ1n) is 5.81. The van der Waals surface area contributed by atoms with Crippen LogP contribution in [0.15, 0.2) is 17.6 Å². The van der Waals surface area contributed by atoms with E-state index in [0.717, 1.165) is 4.70 Å². The maximum absolute atomic E-state index is 11.3. The van der Waals surface area contributed by atoms with Gasteiger partial charge in [0, 0.05) is 13.1 Å². The molecule has 0 radical (unpaired) electrons. The number of thiazole rings is 1.